The molecule has 1 aromatic rings. The van der Waals surface area contributed by atoms with Gasteiger partial charge < -0.3 is 24.4 Å². The molecule has 0 saturated carbocycles. The van der Waals surface area contributed by atoms with Crippen LogP contribution in [-0.2, 0) is 20.8 Å². The van der Waals surface area contributed by atoms with E-state index in [1.165, 1.54) is 0 Å². The molecular formula is C18H22O5. The molecular weight excluding hydrogens is 296 g/mol. The summed E-state index contributed by atoms with van der Waals surface area (Å²) in [4.78, 5) is 0. The summed E-state index contributed by atoms with van der Waals surface area (Å²) in [5.41, 5.74) is 1.78. The van der Waals surface area contributed by atoms with Gasteiger partial charge in [-0.1, -0.05) is 42.5 Å². The summed E-state index contributed by atoms with van der Waals surface area (Å²) in [5, 5.41) is 19.0. The standard InChI is InChI=1S/C18H22O5/c1-12-17-14(18(20)22-12)10-16(15(23-17)8-5-9-19)21-11-13-6-3-2-4-7-13/h2-8,10,12,15-20H,9,11H2,1H3/b8-5+/t12-,15+,16+,17+,18?/m0/s1. The number of hydrogen-bond acceptors (Lipinski definition) is 5. The minimum atomic E-state index is -0.944. The Hall–Kier alpha value is -1.50. The molecule has 0 aliphatic carbocycles. The minimum Gasteiger partial charge on any atom is -0.392 e. The quantitative estimate of drug-likeness (QED) is 0.806. The second-order valence-corrected chi connectivity index (χ2v) is 5.75. The molecule has 2 N–H and O–H groups in total. The summed E-state index contributed by atoms with van der Waals surface area (Å²) in [6, 6.07) is 9.87. The first-order valence-corrected chi connectivity index (χ1v) is 7.82. The van der Waals surface area contributed by atoms with E-state index in [9.17, 15) is 5.11 Å². The van der Waals surface area contributed by atoms with Crippen molar-refractivity contribution in [2.75, 3.05) is 6.61 Å². The van der Waals surface area contributed by atoms with Crippen LogP contribution < -0.4 is 0 Å². The van der Waals surface area contributed by atoms with E-state index in [4.69, 9.17) is 19.3 Å². The largest absolute Gasteiger partial charge is 0.392 e. The van der Waals surface area contributed by atoms with E-state index >= 15 is 0 Å². The van der Waals surface area contributed by atoms with Gasteiger partial charge in [-0.3, -0.25) is 0 Å². The fourth-order valence-electron chi connectivity index (χ4n) is 2.92. The lowest BCUT2D eigenvalue weighted by atomic mass is 9.99. The first-order valence-electron chi connectivity index (χ1n) is 7.82. The molecule has 5 heteroatoms. The number of aliphatic hydroxyl groups is 2. The first kappa shape index (κ1) is 16.4. The molecule has 1 aromatic carbocycles. The molecule has 1 saturated heterocycles. The maximum Gasteiger partial charge on any atom is 0.180 e. The summed E-state index contributed by atoms with van der Waals surface area (Å²) >= 11 is 0. The van der Waals surface area contributed by atoms with Crippen molar-refractivity contribution in [3.63, 3.8) is 0 Å². The Labute approximate surface area is 135 Å². The number of benzene rings is 1. The Morgan fingerprint density at radius 2 is 2.00 bits per heavy atom. The second-order valence-electron chi connectivity index (χ2n) is 5.75. The first-order chi connectivity index (χ1) is 11.2. The number of ether oxygens (including phenoxy) is 3. The summed E-state index contributed by atoms with van der Waals surface area (Å²) in [6.45, 7) is 2.26. The van der Waals surface area contributed by atoms with Gasteiger partial charge in [0.05, 0.1) is 19.3 Å². The lowest BCUT2D eigenvalue weighted by Crippen LogP contribution is -2.40. The summed E-state index contributed by atoms with van der Waals surface area (Å²) in [6.07, 6.45) is 3.22. The van der Waals surface area contributed by atoms with E-state index in [0.29, 0.717) is 12.2 Å². The molecule has 5 atom stereocenters. The monoisotopic (exact) mass is 318 g/mol. The molecule has 0 amide bonds. The van der Waals surface area contributed by atoms with Crippen LogP contribution >= 0.6 is 0 Å². The van der Waals surface area contributed by atoms with Crippen LogP contribution in [0.25, 0.3) is 0 Å². The molecule has 23 heavy (non-hydrogen) atoms. The summed E-state index contributed by atoms with van der Waals surface area (Å²) in [5.74, 6) is 0. The molecule has 124 valence electrons. The van der Waals surface area contributed by atoms with Crippen molar-refractivity contribution in [2.45, 2.75) is 44.2 Å². The predicted octanol–water partition coefficient (Wildman–Crippen LogP) is 1.55. The molecule has 2 aliphatic heterocycles. The zero-order valence-electron chi connectivity index (χ0n) is 13.0. The SMILES string of the molecule is C[C@@H]1OC(O)C2=C[C@@H](OCc3ccccc3)[C@@H](/C=C/CO)O[C@@H]21. The maximum atomic E-state index is 9.98. The molecule has 0 bridgehead atoms. The average molecular weight is 318 g/mol. The van der Waals surface area contributed by atoms with Gasteiger partial charge in [0.1, 0.15) is 18.3 Å². The van der Waals surface area contributed by atoms with Crippen molar-refractivity contribution in [3.05, 3.63) is 59.7 Å². The zero-order chi connectivity index (χ0) is 16.2. The Bertz CT molecular complexity index is 568. The highest BCUT2D eigenvalue weighted by Crippen LogP contribution is 2.34. The third-order valence-corrected chi connectivity index (χ3v) is 4.08. The van der Waals surface area contributed by atoms with Gasteiger partial charge in [0.15, 0.2) is 6.29 Å². The minimum absolute atomic E-state index is 0.0544. The maximum absolute atomic E-state index is 9.98. The highest BCUT2D eigenvalue weighted by molar-refractivity contribution is 5.25. The van der Waals surface area contributed by atoms with Gasteiger partial charge >= 0.3 is 0 Å². The fraction of sp³-hybridized carbons (Fsp3) is 0.444. The van der Waals surface area contributed by atoms with E-state index in [0.717, 1.165) is 5.56 Å². The van der Waals surface area contributed by atoms with Crippen LogP contribution in [0.5, 0.6) is 0 Å². The van der Waals surface area contributed by atoms with Gasteiger partial charge in [-0.15, -0.1) is 0 Å². The van der Waals surface area contributed by atoms with Crippen molar-refractivity contribution >= 4 is 0 Å². The average Bonchev–Trinajstić information content (AvgIpc) is 2.85. The Kier molecular flexibility index (Phi) is 5.25. The van der Waals surface area contributed by atoms with E-state index in [1.807, 2.05) is 43.3 Å². The topological polar surface area (TPSA) is 68.2 Å². The molecule has 2 aliphatic rings. The molecule has 1 unspecified atom stereocenters. The highest BCUT2D eigenvalue weighted by atomic mass is 16.6. The highest BCUT2D eigenvalue weighted by Gasteiger charge is 2.43. The molecule has 3 rings (SSSR count). The number of fused-ring (bicyclic) bond motifs is 1. The third-order valence-electron chi connectivity index (χ3n) is 4.08. The van der Waals surface area contributed by atoms with Gasteiger partial charge in [-0.05, 0) is 18.6 Å². The van der Waals surface area contributed by atoms with E-state index in [2.05, 4.69) is 0 Å². The van der Waals surface area contributed by atoms with Crippen LogP contribution in [0.3, 0.4) is 0 Å². The van der Waals surface area contributed by atoms with Crippen LogP contribution in [-0.4, -0.2) is 47.5 Å². The van der Waals surface area contributed by atoms with Crippen molar-refractivity contribution in [1.29, 1.82) is 0 Å². The molecule has 0 aromatic heterocycles. The molecule has 0 spiro atoms. The molecule has 1 fully saturated rings. The molecule has 0 radical (unpaired) electrons. The van der Waals surface area contributed by atoms with Gasteiger partial charge in [0.25, 0.3) is 0 Å². The van der Waals surface area contributed by atoms with Crippen LogP contribution in [0, 0.1) is 0 Å². The van der Waals surface area contributed by atoms with Gasteiger partial charge in [0, 0.05) is 5.57 Å². The number of hydrogen-bond donors (Lipinski definition) is 2. The molecule has 5 nitrogen and oxygen atoms in total. The predicted molar refractivity (Wildman–Crippen MR) is 84.5 cm³/mol. The van der Waals surface area contributed by atoms with E-state index in [1.54, 1.807) is 12.2 Å². The summed E-state index contributed by atoms with van der Waals surface area (Å²) in [7, 11) is 0. The third kappa shape index (κ3) is 3.71. The van der Waals surface area contributed by atoms with Crippen molar-refractivity contribution < 1.29 is 24.4 Å². The lowest BCUT2D eigenvalue weighted by molar-refractivity contribution is -0.103. The van der Waals surface area contributed by atoms with Crippen molar-refractivity contribution in [2.24, 2.45) is 0 Å². The van der Waals surface area contributed by atoms with Crippen LogP contribution in [0.4, 0.5) is 0 Å². The van der Waals surface area contributed by atoms with Crippen LogP contribution in [0.15, 0.2) is 54.1 Å². The smallest absolute Gasteiger partial charge is 0.180 e. The number of aliphatic hydroxyl groups excluding tert-OH is 2. The van der Waals surface area contributed by atoms with E-state index in [-0.39, 0.29) is 31.0 Å². The van der Waals surface area contributed by atoms with Gasteiger partial charge in [-0.2, -0.15) is 0 Å². The van der Waals surface area contributed by atoms with Crippen molar-refractivity contribution in [1.82, 2.24) is 0 Å². The second kappa shape index (κ2) is 7.38. The van der Waals surface area contributed by atoms with Gasteiger partial charge in [0.2, 0.25) is 0 Å². The lowest BCUT2D eigenvalue weighted by Gasteiger charge is -2.32. The van der Waals surface area contributed by atoms with Gasteiger partial charge in [-0.25, -0.2) is 0 Å². The normalized spacial score (nSPS) is 33.7. The summed E-state index contributed by atoms with van der Waals surface area (Å²) < 4.78 is 17.4. The Balaban J connectivity index is 1.76. The molecule has 2 heterocycles. The fourth-order valence-corrected chi connectivity index (χ4v) is 2.92. The van der Waals surface area contributed by atoms with Crippen molar-refractivity contribution in [3.8, 4) is 0 Å². The van der Waals surface area contributed by atoms with Crippen LogP contribution in [0.2, 0.25) is 0 Å². The van der Waals surface area contributed by atoms with E-state index < -0.39 is 6.29 Å². The zero-order valence-corrected chi connectivity index (χ0v) is 13.0. The number of rotatable bonds is 5. The Morgan fingerprint density at radius 3 is 2.74 bits per heavy atom. The Morgan fingerprint density at radius 1 is 1.22 bits per heavy atom. The van der Waals surface area contributed by atoms with Crippen LogP contribution in [0.1, 0.15) is 12.5 Å².